The van der Waals surface area contributed by atoms with Gasteiger partial charge in [-0.1, -0.05) is 29.3 Å². The third-order valence-corrected chi connectivity index (χ3v) is 4.81. The Morgan fingerprint density at radius 3 is 2.81 bits per heavy atom. The normalized spacial score (nSPS) is 18.2. The van der Waals surface area contributed by atoms with Crippen LogP contribution in [0.3, 0.4) is 0 Å². The lowest BCUT2D eigenvalue weighted by atomic mass is 9.77. The van der Waals surface area contributed by atoms with Gasteiger partial charge in [-0.05, 0) is 71.7 Å². The molecule has 1 unspecified atom stereocenters. The Bertz CT molecular complexity index is 363. The molecule has 0 heterocycles. The van der Waals surface area contributed by atoms with E-state index in [1.54, 1.807) is 0 Å². The van der Waals surface area contributed by atoms with E-state index in [9.17, 15) is 0 Å². The molecule has 1 fully saturated rings. The lowest BCUT2D eigenvalue weighted by molar-refractivity contribution is 0.232. The van der Waals surface area contributed by atoms with Crippen LogP contribution in [0.5, 0.6) is 0 Å². The van der Waals surface area contributed by atoms with Crippen LogP contribution in [-0.2, 0) is 0 Å². The van der Waals surface area contributed by atoms with Gasteiger partial charge in [0.1, 0.15) is 0 Å². The number of halogens is 2. The Labute approximate surface area is 120 Å². The van der Waals surface area contributed by atoms with Gasteiger partial charge in [-0.3, -0.25) is 0 Å². The van der Waals surface area contributed by atoms with Crippen molar-refractivity contribution in [2.24, 2.45) is 5.92 Å². The maximum Gasteiger partial charge on any atom is 0.0359 e. The van der Waals surface area contributed by atoms with Crippen LogP contribution in [0.2, 0.25) is 0 Å². The summed E-state index contributed by atoms with van der Waals surface area (Å²) in [4.78, 5) is 0. The van der Waals surface area contributed by atoms with Gasteiger partial charge in [0.25, 0.3) is 0 Å². The summed E-state index contributed by atoms with van der Waals surface area (Å²) in [5, 5.41) is 3.64. The number of hydrogen-bond donors (Lipinski definition) is 1. The van der Waals surface area contributed by atoms with Crippen molar-refractivity contribution in [2.75, 3.05) is 6.54 Å². The van der Waals surface area contributed by atoms with Gasteiger partial charge in [0.05, 0.1) is 0 Å². The molecule has 1 aliphatic carbocycles. The fourth-order valence-electron chi connectivity index (χ4n) is 2.28. The minimum Gasteiger partial charge on any atom is -0.310 e. The second kappa shape index (κ2) is 5.83. The molecule has 1 aromatic carbocycles. The fraction of sp³-hybridized carbons (Fsp3) is 0.538. The summed E-state index contributed by atoms with van der Waals surface area (Å²) < 4.78 is 2.56. The molecule has 1 atom stereocenters. The quantitative estimate of drug-likeness (QED) is 0.742. The summed E-state index contributed by atoms with van der Waals surface area (Å²) in [5.41, 5.74) is 1.46. The number of nitrogens with one attached hydrogen (secondary N) is 1. The van der Waals surface area contributed by atoms with Crippen LogP contribution in [0.15, 0.2) is 22.7 Å². The first-order chi connectivity index (χ1) is 7.72. The van der Waals surface area contributed by atoms with Crippen LogP contribution in [0.4, 0.5) is 0 Å². The Kier molecular flexibility index (Phi) is 4.67. The van der Waals surface area contributed by atoms with Crippen molar-refractivity contribution in [3.63, 3.8) is 0 Å². The van der Waals surface area contributed by atoms with E-state index >= 15 is 0 Å². The average Bonchev–Trinajstić information content (AvgIpc) is 2.18. The molecule has 1 nitrogen and oxygen atoms in total. The van der Waals surface area contributed by atoms with Gasteiger partial charge >= 0.3 is 0 Å². The van der Waals surface area contributed by atoms with Crippen LogP contribution in [0, 0.1) is 9.49 Å². The van der Waals surface area contributed by atoms with Crippen LogP contribution in [0.25, 0.3) is 0 Å². The van der Waals surface area contributed by atoms with Crippen molar-refractivity contribution in [3.8, 4) is 0 Å². The van der Waals surface area contributed by atoms with Crippen molar-refractivity contribution in [1.29, 1.82) is 0 Å². The second-order valence-corrected chi connectivity index (χ2v) is 6.47. The Balaban J connectivity index is 2.25. The summed E-state index contributed by atoms with van der Waals surface area (Å²) in [6, 6.07) is 7.13. The summed E-state index contributed by atoms with van der Waals surface area (Å²) >= 11 is 6.02. The highest BCUT2D eigenvalue weighted by Gasteiger charge is 2.28. The molecule has 1 aromatic rings. The second-order valence-electron chi connectivity index (χ2n) is 4.39. The molecule has 2 rings (SSSR count). The largest absolute Gasteiger partial charge is 0.310 e. The van der Waals surface area contributed by atoms with Crippen molar-refractivity contribution >= 4 is 38.5 Å². The van der Waals surface area contributed by atoms with Gasteiger partial charge in [-0.2, -0.15) is 0 Å². The first-order valence-corrected chi connectivity index (χ1v) is 7.78. The molecule has 0 aliphatic heterocycles. The molecule has 0 amide bonds. The van der Waals surface area contributed by atoms with Crippen LogP contribution in [0.1, 0.15) is 37.8 Å². The molecular weight excluding hydrogens is 377 g/mol. The standard InChI is InChI=1S/C13H17BrIN/c1-2-16-13(9-4-3-5-9)11-8-10(14)6-7-12(11)15/h6-9,13,16H,2-5H2,1H3. The molecular formula is C13H17BrIN. The Morgan fingerprint density at radius 2 is 2.25 bits per heavy atom. The number of benzene rings is 1. The first kappa shape index (κ1) is 12.8. The summed E-state index contributed by atoms with van der Waals surface area (Å²) in [5.74, 6) is 0.836. The van der Waals surface area contributed by atoms with Crippen molar-refractivity contribution < 1.29 is 0 Å². The monoisotopic (exact) mass is 393 g/mol. The Morgan fingerprint density at radius 1 is 1.50 bits per heavy atom. The van der Waals surface area contributed by atoms with Crippen molar-refractivity contribution in [2.45, 2.75) is 32.2 Å². The molecule has 16 heavy (non-hydrogen) atoms. The molecule has 0 radical (unpaired) electrons. The molecule has 3 heteroatoms. The topological polar surface area (TPSA) is 12.0 Å². The highest BCUT2D eigenvalue weighted by molar-refractivity contribution is 14.1. The maximum atomic E-state index is 3.64. The van der Waals surface area contributed by atoms with E-state index in [2.05, 4.69) is 69.0 Å². The first-order valence-electron chi connectivity index (χ1n) is 5.90. The molecule has 1 N–H and O–H groups in total. The number of hydrogen-bond acceptors (Lipinski definition) is 1. The highest BCUT2D eigenvalue weighted by atomic mass is 127. The molecule has 0 bridgehead atoms. The maximum absolute atomic E-state index is 3.64. The van der Waals surface area contributed by atoms with Crippen LogP contribution >= 0.6 is 38.5 Å². The van der Waals surface area contributed by atoms with E-state index in [0.29, 0.717) is 6.04 Å². The average molecular weight is 394 g/mol. The van der Waals surface area contributed by atoms with E-state index in [1.807, 2.05) is 0 Å². The van der Waals surface area contributed by atoms with E-state index < -0.39 is 0 Å². The highest BCUT2D eigenvalue weighted by Crippen LogP contribution is 2.39. The zero-order chi connectivity index (χ0) is 11.5. The fourth-order valence-corrected chi connectivity index (χ4v) is 3.33. The lowest BCUT2D eigenvalue weighted by Crippen LogP contribution is -2.32. The predicted molar refractivity (Wildman–Crippen MR) is 80.6 cm³/mol. The third-order valence-electron chi connectivity index (χ3n) is 3.34. The smallest absolute Gasteiger partial charge is 0.0359 e. The zero-order valence-corrected chi connectivity index (χ0v) is 13.2. The molecule has 88 valence electrons. The van der Waals surface area contributed by atoms with Gasteiger partial charge in [-0.15, -0.1) is 0 Å². The Hall–Kier alpha value is 0.390. The summed E-state index contributed by atoms with van der Waals surface area (Å²) in [6.45, 7) is 3.24. The van der Waals surface area contributed by atoms with E-state index in [-0.39, 0.29) is 0 Å². The summed E-state index contributed by atoms with van der Waals surface area (Å²) in [7, 11) is 0. The van der Waals surface area contributed by atoms with E-state index in [0.717, 1.165) is 12.5 Å². The minimum atomic E-state index is 0.545. The zero-order valence-electron chi connectivity index (χ0n) is 9.47. The van der Waals surface area contributed by atoms with Crippen molar-refractivity contribution in [3.05, 3.63) is 31.8 Å². The minimum absolute atomic E-state index is 0.545. The molecule has 1 saturated carbocycles. The lowest BCUT2D eigenvalue weighted by Gasteiger charge is -2.35. The van der Waals surface area contributed by atoms with Gasteiger partial charge in [0, 0.05) is 14.1 Å². The molecule has 1 aliphatic rings. The third kappa shape index (κ3) is 2.79. The predicted octanol–water partition coefficient (Wildman–Crippen LogP) is 4.50. The van der Waals surface area contributed by atoms with Crippen LogP contribution < -0.4 is 5.32 Å². The van der Waals surface area contributed by atoms with Gasteiger partial charge in [-0.25, -0.2) is 0 Å². The van der Waals surface area contributed by atoms with E-state index in [1.165, 1.54) is 32.9 Å². The van der Waals surface area contributed by atoms with Gasteiger partial charge < -0.3 is 5.32 Å². The van der Waals surface area contributed by atoms with Gasteiger partial charge in [0.15, 0.2) is 0 Å². The SMILES string of the molecule is CCNC(c1cc(Br)ccc1I)C1CCC1. The molecule has 0 spiro atoms. The van der Waals surface area contributed by atoms with E-state index in [4.69, 9.17) is 0 Å². The molecule has 0 saturated heterocycles. The number of rotatable bonds is 4. The van der Waals surface area contributed by atoms with Crippen LogP contribution in [-0.4, -0.2) is 6.54 Å². The molecule has 0 aromatic heterocycles. The van der Waals surface area contributed by atoms with Crippen molar-refractivity contribution in [1.82, 2.24) is 5.32 Å². The van der Waals surface area contributed by atoms with Gasteiger partial charge in [0.2, 0.25) is 0 Å². The summed E-state index contributed by atoms with van der Waals surface area (Å²) in [6.07, 6.45) is 4.15.